The summed E-state index contributed by atoms with van der Waals surface area (Å²) >= 11 is 0. The molecular weight excluding hydrogens is 206 g/mol. The minimum atomic E-state index is -1.23. The Morgan fingerprint density at radius 1 is 1.44 bits per heavy atom. The Bertz CT molecular complexity index is 473. The van der Waals surface area contributed by atoms with Crippen LogP contribution in [0.5, 0.6) is 0 Å². The monoisotopic (exact) mass is 215 g/mol. The number of nitrogens with zero attached hydrogens (tertiary/aromatic N) is 1. The molecule has 0 radical (unpaired) electrons. The molecule has 0 fully saturated rings. The average molecular weight is 215 g/mol. The fourth-order valence-corrected chi connectivity index (χ4v) is 0.909. The predicted molar refractivity (Wildman–Crippen MR) is 58.2 cm³/mol. The zero-order chi connectivity index (χ0) is 11.8. The van der Waals surface area contributed by atoms with Gasteiger partial charge in [-0.05, 0) is 24.3 Å². The summed E-state index contributed by atoms with van der Waals surface area (Å²) < 4.78 is 5.04. The van der Waals surface area contributed by atoms with E-state index in [9.17, 15) is 4.79 Å². The third-order valence-electron chi connectivity index (χ3n) is 1.64. The lowest BCUT2D eigenvalue weighted by atomic mass is 10.2. The van der Waals surface area contributed by atoms with Gasteiger partial charge in [0.05, 0.1) is 6.26 Å². The van der Waals surface area contributed by atoms with Crippen molar-refractivity contribution in [2.45, 2.75) is 0 Å². The number of hydrogen-bond acceptors (Lipinski definition) is 3. The second-order valence-corrected chi connectivity index (χ2v) is 2.76. The molecule has 1 N–H and O–H groups in total. The summed E-state index contributed by atoms with van der Waals surface area (Å²) in [4.78, 5) is 10.4. The van der Waals surface area contributed by atoms with Gasteiger partial charge < -0.3 is 9.52 Å². The largest absolute Gasteiger partial charge is 0.477 e. The highest BCUT2D eigenvalue weighted by Gasteiger charge is 2.01. The normalized spacial score (nSPS) is 12.1. The van der Waals surface area contributed by atoms with E-state index in [-0.39, 0.29) is 5.57 Å². The quantitative estimate of drug-likeness (QED) is 0.475. The van der Waals surface area contributed by atoms with Gasteiger partial charge in [-0.2, -0.15) is 5.26 Å². The van der Waals surface area contributed by atoms with Crippen LogP contribution in [-0.4, -0.2) is 11.1 Å². The van der Waals surface area contributed by atoms with E-state index >= 15 is 0 Å². The molecule has 0 amide bonds. The lowest BCUT2D eigenvalue weighted by molar-refractivity contribution is -0.132. The summed E-state index contributed by atoms with van der Waals surface area (Å²) in [6.07, 6.45) is 9.29. The van der Waals surface area contributed by atoms with Gasteiger partial charge in [-0.25, -0.2) is 4.79 Å². The number of carbonyl (C=O) groups is 1. The number of allylic oxidation sites excluding steroid dienone is 4. The van der Waals surface area contributed by atoms with Gasteiger partial charge in [-0.15, -0.1) is 0 Å². The van der Waals surface area contributed by atoms with Crippen molar-refractivity contribution in [1.82, 2.24) is 0 Å². The molecule has 16 heavy (non-hydrogen) atoms. The summed E-state index contributed by atoms with van der Waals surface area (Å²) in [5.41, 5.74) is -0.303. The molecule has 0 unspecified atom stereocenters. The molecule has 0 aliphatic heterocycles. The molecule has 0 atom stereocenters. The van der Waals surface area contributed by atoms with E-state index in [0.29, 0.717) is 5.76 Å². The lowest BCUT2D eigenvalue weighted by Gasteiger charge is -1.84. The van der Waals surface area contributed by atoms with E-state index in [4.69, 9.17) is 14.8 Å². The Kier molecular flexibility index (Phi) is 4.35. The van der Waals surface area contributed by atoms with Crippen molar-refractivity contribution in [3.8, 4) is 6.07 Å². The van der Waals surface area contributed by atoms with Crippen molar-refractivity contribution in [3.63, 3.8) is 0 Å². The first-order chi connectivity index (χ1) is 7.74. The molecule has 0 aromatic carbocycles. The topological polar surface area (TPSA) is 74.2 Å². The van der Waals surface area contributed by atoms with Crippen molar-refractivity contribution in [3.05, 3.63) is 54.0 Å². The second-order valence-electron chi connectivity index (χ2n) is 2.76. The van der Waals surface area contributed by atoms with Crippen LogP contribution in [0, 0.1) is 11.3 Å². The van der Waals surface area contributed by atoms with E-state index in [1.807, 2.05) is 0 Å². The molecule has 0 saturated heterocycles. The highest BCUT2D eigenvalue weighted by molar-refractivity contribution is 5.91. The minimum Gasteiger partial charge on any atom is -0.477 e. The summed E-state index contributed by atoms with van der Waals surface area (Å²) in [6, 6.07) is 5.13. The van der Waals surface area contributed by atoms with Crippen LogP contribution >= 0.6 is 0 Å². The molecule has 4 heteroatoms. The third-order valence-corrected chi connectivity index (χ3v) is 1.64. The van der Waals surface area contributed by atoms with E-state index < -0.39 is 5.97 Å². The first kappa shape index (κ1) is 11.5. The molecule has 4 nitrogen and oxygen atoms in total. The molecule has 1 aromatic heterocycles. The SMILES string of the molecule is N#C\C(=C/C=C/C=C/c1ccco1)C(=O)O. The van der Waals surface area contributed by atoms with E-state index in [0.717, 1.165) is 0 Å². The van der Waals surface area contributed by atoms with Crippen LogP contribution in [-0.2, 0) is 4.79 Å². The van der Waals surface area contributed by atoms with Crippen molar-refractivity contribution in [1.29, 1.82) is 5.26 Å². The molecule has 0 aliphatic rings. The number of nitriles is 1. The Balaban J connectivity index is 2.56. The molecule has 0 spiro atoms. The summed E-state index contributed by atoms with van der Waals surface area (Å²) in [5, 5.41) is 17.0. The first-order valence-electron chi connectivity index (χ1n) is 4.46. The molecule has 80 valence electrons. The highest BCUT2D eigenvalue weighted by Crippen LogP contribution is 2.02. The number of rotatable bonds is 4. The van der Waals surface area contributed by atoms with Gasteiger partial charge in [0.25, 0.3) is 0 Å². The van der Waals surface area contributed by atoms with Gasteiger partial charge in [0.2, 0.25) is 0 Å². The Hall–Kier alpha value is -2.54. The van der Waals surface area contributed by atoms with Gasteiger partial charge in [0.15, 0.2) is 0 Å². The van der Waals surface area contributed by atoms with Crippen LogP contribution in [0.25, 0.3) is 6.08 Å². The molecule has 1 aromatic rings. The average Bonchev–Trinajstić information content (AvgIpc) is 2.75. The summed E-state index contributed by atoms with van der Waals surface area (Å²) in [5.74, 6) is -0.533. The van der Waals surface area contributed by atoms with Crippen LogP contribution in [0.3, 0.4) is 0 Å². The lowest BCUT2D eigenvalue weighted by Crippen LogP contribution is -1.96. The molecule has 1 heterocycles. The Morgan fingerprint density at radius 2 is 2.25 bits per heavy atom. The van der Waals surface area contributed by atoms with Gasteiger partial charge in [0, 0.05) is 0 Å². The number of carboxylic acids is 1. The maximum atomic E-state index is 10.4. The van der Waals surface area contributed by atoms with E-state index in [1.165, 1.54) is 12.2 Å². The maximum absolute atomic E-state index is 10.4. The van der Waals surface area contributed by atoms with Crippen molar-refractivity contribution < 1.29 is 14.3 Å². The fraction of sp³-hybridized carbons (Fsp3) is 0. The zero-order valence-electron chi connectivity index (χ0n) is 8.33. The molecule has 0 saturated carbocycles. The summed E-state index contributed by atoms with van der Waals surface area (Å²) in [6.45, 7) is 0. The molecule has 0 bridgehead atoms. The second kappa shape index (κ2) is 6.04. The van der Waals surface area contributed by atoms with Crippen LogP contribution in [0.15, 0.2) is 52.7 Å². The third kappa shape index (κ3) is 3.68. The van der Waals surface area contributed by atoms with Crippen molar-refractivity contribution in [2.24, 2.45) is 0 Å². The number of hydrogen-bond donors (Lipinski definition) is 1. The van der Waals surface area contributed by atoms with Gasteiger partial charge in [-0.3, -0.25) is 0 Å². The smallest absolute Gasteiger partial charge is 0.346 e. The Labute approximate surface area is 92.4 Å². The highest BCUT2D eigenvalue weighted by atomic mass is 16.4. The fourth-order valence-electron chi connectivity index (χ4n) is 0.909. The minimum absolute atomic E-state index is 0.303. The van der Waals surface area contributed by atoms with Gasteiger partial charge >= 0.3 is 5.97 Å². The summed E-state index contributed by atoms with van der Waals surface area (Å²) in [7, 11) is 0. The van der Waals surface area contributed by atoms with Crippen LogP contribution in [0.4, 0.5) is 0 Å². The van der Waals surface area contributed by atoms with Gasteiger partial charge in [-0.1, -0.05) is 18.2 Å². The maximum Gasteiger partial charge on any atom is 0.346 e. The molecular formula is C12H9NO3. The first-order valence-corrected chi connectivity index (χ1v) is 4.46. The van der Waals surface area contributed by atoms with Crippen LogP contribution in [0.1, 0.15) is 5.76 Å². The van der Waals surface area contributed by atoms with Crippen molar-refractivity contribution >= 4 is 12.0 Å². The predicted octanol–water partition coefficient (Wildman–Crippen LogP) is 2.38. The van der Waals surface area contributed by atoms with E-state index in [2.05, 4.69) is 0 Å². The van der Waals surface area contributed by atoms with E-state index in [1.54, 1.807) is 42.7 Å². The number of aliphatic carboxylic acids is 1. The van der Waals surface area contributed by atoms with Crippen LogP contribution < -0.4 is 0 Å². The number of furan rings is 1. The van der Waals surface area contributed by atoms with Gasteiger partial charge in [0.1, 0.15) is 17.4 Å². The molecule has 1 rings (SSSR count). The van der Waals surface area contributed by atoms with Crippen LogP contribution in [0.2, 0.25) is 0 Å². The Morgan fingerprint density at radius 3 is 2.81 bits per heavy atom. The van der Waals surface area contributed by atoms with Crippen molar-refractivity contribution in [2.75, 3.05) is 0 Å². The zero-order valence-corrected chi connectivity index (χ0v) is 8.33. The molecule has 0 aliphatic carbocycles. The standard InChI is InChI=1S/C12H9NO3/c13-9-10(12(14)15)5-2-1-3-6-11-7-4-8-16-11/h1-8H,(H,14,15)/b2-1+,6-3+,10-5+. The number of carboxylic acid groups (broad SMARTS) is 1.